The average molecular weight is 389 g/mol. The zero-order valence-corrected chi connectivity index (χ0v) is 16.1. The van der Waals surface area contributed by atoms with E-state index in [1.54, 1.807) is 24.3 Å². The molecule has 1 aliphatic heterocycles. The standard InChI is InChI=1S/C23H20FN3O2/c1-13-6-8-16(10-14(13)2)26-23(29)27-21-9-7-15(11-20(21)24)17-4-3-5-18-19(17)12-25-22(18)28/h3-11H,12H2,1-2H3,(H,25,28)(H2,26,27,29). The molecule has 5 nitrogen and oxygen atoms in total. The van der Waals surface area contributed by atoms with E-state index in [0.29, 0.717) is 23.4 Å². The van der Waals surface area contributed by atoms with Crippen molar-refractivity contribution < 1.29 is 14.0 Å². The number of benzene rings is 3. The van der Waals surface area contributed by atoms with Gasteiger partial charge in [0.2, 0.25) is 0 Å². The minimum Gasteiger partial charge on any atom is -0.348 e. The Kier molecular flexibility index (Phi) is 4.76. The van der Waals surface area contributed by atoms with Crippen LogP contribution in [0.1, 0.15) is 27.0 Å². The van der Waals surface area contributed by atoms with Gasteiger partial charge >= 0.3 is 6.03 Å². The molecule has 1 heterocycles. The van der Waals surface area contributed by atoms with Crippen LogP contribution in [0, 0.1) is 19.7 Å². The third-order valence-corrected chi connectivity index (χ3v) is 5.14. The van der Waals surface area contributed by atoms with E-state index in [1.807, 2.05) is 32.0 Å². The Balaban J connectivity index is 1.53. The molecular weight excluding hydrogens is 369 g/mol. The molecule has 6 heteroatoms. The summed E-state index contributed by atoms with van der Waals surface area (Å²) in [5.74, 6) is -0.670. The first-order valence-corrected chi connectivity index (χ1v) is 9.27. The Morgan fingerprint density at radius 2 is 1.76 bits per heavy atom. The second-order valence-electron chi connectivity index (χ2n) is 7.09. The van der Waals surface area contributed by atoms with Gasteiger partial charge in [-0.05, 0) is 72.0 Å². The fraction of sp³-hybridized carbons (Fsp3) is 0.130. The van der Waals surface area contributed by atoms with Crippen molar-refractivity contribution in [1.29, 1.82) is 0 Å². The summed E-state index contributed by atoms with van der Waals surface area (Å²) in [6.07, 6.45) is 0. The fourth-order valence-electron chi connectivity index (χ4n) is 3.41. The van der Waals surface area contributed by atoms with Gasteiger partial charge in [0, 0.05) is 17.8 Å². The molecule has 29 heavy (non-hydrogen) atoms. The highest BCUT2D eigenvalue weighted by molar-refractivity contribution is 6.01. The molecule has 146 valence electrons. The third kappa shape index (κ3) is 3.69. The highest BCUT2D eigenvalue weighted by Crippen LogP contribution is 2.31. The molecule has 0 radical (unpaired) electrons. The summed E-state index contributed by atoms with van der Waals surface area (Å²) in [4.78, 5) is 24.1. The van der Waals surface area contributed by atoms with Crippen molar-refractivity contribution in [2.24, 2.45) is 0 Å². The first-order chi connectivity index (χ1) is 13.9. The molecule has 3 amide bonds. The Bertz CT molecular complexity index is 1140. The van der Waals surface area contributed by atoms with Gasteiger partial charge in [0.05, 0.1) is 5.69 Å². The van der Waals surface area contributed by atoms with Crippen molar-refractivity contribution in [1.82, 2.24) is 5.32 Å². The molecule has 0 atom stereocenters. The number of amides is 3. The second kappa shape index (κ2) is 7.39. The van der Waals surface area contributed by atoms with E-state index < -0.39 is 11.8 Å². The van der Waals surface area contributed by atoms with Gasteiger partial charge in [-0.3, -0.25) is 4.79 Å². The van der Waals surface area contributed by atoms with Crippen molar-refractivity contribution in [3.63, 3.8) is 0 Å². The molecule has 0 saturated carbocycles. The number of fused-ring (bicyclic) bond motifs is 1. The third-order valence-electron chi connectivity index (χ3n) is 5.14. The molecule has 0 aliphatic carbocycles. The van der Waals surface area contributed by atoms with Crippen molar-refractivity contribution in [2.75, 3.05) is 10.6 Å². The number of hydrogen-bond acceptors (Lipinski definition) is 2. The predicted octanol–water partition coefficient (Wildman–Crippen LogP) is 5.00. The van der Waals surface area contributed by atoms with Gasteiger partial charge in [0.15, 0.2) is 0 Å². The summed E-state index contributed by atoms with van der Waals surface area (Å²) in [7, 11) is 0. The summed E-state index contributed by atoms with van der Waals surface area (Å²) in [6, 6.07) is 15.1. The van der Waals surface area contributed by atoms with Crippen LogP contribution >= 0.6 is 0 Å². The molecule has 0 fully saturated rings. The second-order valence-corrected chi connectivity index (χ2v) is 7.09. The number of nitrogens with one attached hydrogen (secondary N) is 3. The topological polar surface area (TPSA) is 70.2 Å². The molecule has 1 aliphatic rings. The molecule has 0 bridgehead atoms. The maximum absolute atomic E-state index is 14.7. The quantitative estimate of drug-likeness (QED) is 0.590. The number of aryl methyl sites for hydroxylation is 2. The van der Waals surface area contributed by atoms with Crippen molar-refractivity contribution in [3.05, 3.63) is 82.7 Å². The number of halogens is 1. The lowest BCUT2D eigenvalue weighted by molar-refractivity contribution is 0.0965. The lowest BCUT2D eigenvalue weighted by atomic mass is 9.96. The summed E-state index contributed by atoms with van der Waals surface area (Å²) < 4.78 is 14.7. The molecule has 3 aromatic rings. The molecule has 0 unspecified atom stereocenters. The summed E-state index contributed by atoms with van der Waals surface area (Å²) in [5, 5.41) is 8.03. The Morgan fingerprint density at radius 1 is 0.966 bits per heavy atom. The van der Waals surface area contributed by atoms with Crippen LogP contribution in [0.25, 0.3) is 11.1 Å². The van der Waals surface area contributed by atoms with Gasteiger partial charge in [0.1, 0.15) is 5.82 Å². The Morgan fingerprint density at radius 3 is 2.52 bits per heavy atom. The van der Waals surface area contributed by atoms with Crippen LogP contribution in [0.3, 0.4) is 0 Å². The fourth-order valence-corrected chi connectivity index (χ4v) is 3.41. The maximum atomic E-state index is 14.7. The monoisotopic (exact) mass is 389 g/mol. The van der Waals surface area contributed by atoms with E-state index in [-0.39, 0.29) is 11.6 Å². The highest BCUT2D eigenvalue weighted by atomic mass is 19.1. The molecular formula is C23H20FN3O2. The lowest BCUT2D eigenvalue weighted by Gasteiger charge is -2.12. The lowest BCUT2D eigenvalue weighted by Crippen LogP contribution is -2.20. The largest absolute Gasteiger partial charge is 0.348 e. The Hall–Kier alpha value is -3.67. The molecule has 3 aromatic carbocycles. The van der Waals surface area contributed by atoms with Gasteiger partial charge in [-0.2, -0.15) is 0 Å². The van der Waals surface area contributed by atoms with E-state index in [2.05, 4.69) is 16.0 Å². The van der Waals surface area contributed by atoms with Crippen LogP contribution in [0.5, 0.6) is 0 Å². The van der Waals surface area contributed by atoms with Crippen LogP contribution in [0.15, 0.2) is 54.6 Å². The van der Waals surface area contributed by atoms with Gasteiger partial charge in [0.25, 0.3) is 5.91 Å². The minimum atomic E-state index is -0.548. The number of anilines is 2. The predicted molar refractivity (Wildman–Crippen MR) is 112 cm³/mol. The summed E-state index contributed by atoms with van der Waals surface area (Å²) >= 11 is 0. The van der Waals surface area contributed by atoms with Crippen LogP contribution in [-0.2, 0) is 6.54 Å². The molecule has 0 saturated heterocycles. The van der Waals surface area contributed by atoms with E-state index in [0.717, 1.165) is 22.3 Å². The normalized spacial score (nSPS) is 12.3. The Labute approximate surface area is 168 Å². The van der Waals surface area contributed by atoms with Crippen molar-refractivity contribution in [2.45, 2.75) is 20.4 Å². The van der Waals surface area contributed by atoms with E-state index in [9.17, 15) is 14.0 Å². The smallest absolute Gasteiger partial charge is 0.323 e. The molecule has 0 aromatic heterocycles. The first kappa shape index (κ1) is 18.7. The van der Waals surface area contributed by atoms with Gasteiger partial charge in [-0.1, -0.05) is 24.3 Å². The number of rotatable bonds is 3. The van der Waals surface area contributed by atoms with Crippen molar-refractivity contribution >= 4 is 23.3 Å². The zero-order valence-electron chi connectivity index (χ0n) is 16.1. The van der Waals surface area contributed by atoms with Crippen LogP contribution in [0.4, 0.5) is 20.6 Å². The van der Waals surface area contributed by atoms with Gasteiger partial charge in [-0.25, -0.2) is 9.18 Å². The van der Waals surface area contributed by atoms with E-state index in [1.165, 1.54) is 12.1 Å². The number of urea groups is 1. The van der Waals surface area contributed by atoms with E-state index in [4.69, 9.17) is 0 Å². The van der Waals surface area contributed by atoms with Gasteiger partial charge < -0.3 is 16.0 Å². The van der Waals surface area contributed by atoms with Crippen LogP contribution in [-0.4, -0.2) is 11.9 Å². The zero-order chi connectivity index (χ0) is 20.5. The minimum absolute atomic E-state index is 0.0804. The summed E-state index contributed by atoms with van der Waals surface area (Å²) in [6.45, 7) is 4.37. The SMILES string of the molecule is Cc1ccc(NC(=O)Nc2ccc(-c3cccc4c3CNC4=O)cc2F)cc1C. The van der Waals surface area contributed by atoms with E-state index >= 15 is 0 Å². The molecule has 3 N–H and O–H groups in total. The maximum Gasteiger partial charge on any atom is 0.323 e. The van der Waals surface area contributed by atoms with Crippen LogP contribution in [0.2, 0.25) is 0 Å². The average Bonchev–Trinajstić information content (AvgIpc) is 3.07. The van der Waals surface area contributed by atoms with Gasteiger partial charge in [-0.15, -0.1) is 0 Å². The number of carbonyl (C=O) groups is 2. The number of carbonyl (C=O) groups excluding carboxylic acids is 2. The molecule has 4 rings (SSSR count). The number of hydrogen-bond donors (Lipinski definition) is 3. The molecule has 0 spiro atoms. The first-order valence-electron chi connectivity index (χ1n) is 9.27. The van der Waals surface area contributed by atoms with Crippen molar-refractivity contribution in [3.8, 4) is 11.1 Å². The van der Waals surface area contributed by atoms with Crippen LogP contribution < -0.4 is 16.0 Å². The summed E-state index contributed by atoms with van der Waals surface area (Å²) in [5.41, 5.74) is 5.81. The highest BCUT2D eigenvalue weighted by Gasteiger charge is 2.22.